The van der Waals surface area contributed by atoms with Gasteiger partial charge in [0.05, 0.1) is 11.0 Å². The molecule has 2 N–H and O–H groups in total. The van der Waals surface area contributed by atoms with Gasteiger partial charge in [-0.1, -0.05) is 18.2 Å². The molecule has 1 fully saturated rings. The first-order valence-corrected chi connectivity index (χ1v) is 12.2. The third-order valence-corrected chi connectivity index (χ3v) is 6.29. The van der Waals surface area contributed by atoms with Gasteiger partial charge in [0.1, 0.15) is 0 Å². The molecule has 4 amide bonds. The molecule has 0 radical (unpaired) electrons. The molecular formula is C27H30N6O4. The van der Waals surface area contributed by atoms with Gasteiger partial charge >= 0.3 is 0 Å². The van der Waals surface area contributed by atoms with Gasteiger partial charge in [0, 0.05) is 63.6 Å². The number of amides is 4. The first-order chi connectivity index (χ1) is 17.9. The second-order valence-electron chi connectivity index (χ2n) is 8.76. The fraction of sp³-hybridized carbons (Fsp3) is 0.296. The molecule has 0 aliphatic carbocycles. The molecule has 0 spiro atoms. The molecule has 0 bridgehead atoms. The molecule has 1 saturated heterocycles. The Labute approximate surface area is 214 Å². The zero-order chi connectivity index (χ0) is 26.4. The molecule has 0 saturated carbocycles. The summed E-state index contributed by atoms with van der Waals surface area (Å²) in [5.74, 6) is -0.550. The normalized spacial score (nSPS) is 13.4. The van der Waals surface area contributed by atoms with Crippen LogP contribution in [0.4, 0.5) is 11.6 Å². The number of nitrogens with one attached hydrogen (secondary N) is 2. The fourth-order valence-electron chi connectivity index (χ4n) is 4.29. The van der Waals surface area contributed by atoms with Crippen LogP contribution in [0.5, 0.6) is 0 Å². The number of imidazole rings is 1. The predicted octanol–water partition coefficient (Wildman–Crippen LogP) is 2.57. The minimum atomic E-state index is -0.494. The van der Waals surface area contributed by atoms with Crippen LogP contribution in [0.15, 0.2) is 60.7 Å². The lowest BCUT2D eigenvalue weighted by Crippen LogP contribution is -2.26. The highest BCUT2D eigenvalue weighted by Crippen LogP contribution is 2.26. The number of hydrogen-bond donors (Lipinski definition) is 2. The van der Waals surface area contributed by atoms with E-state index in [1.165, 1.54) is 7.05 Å². The quantitative estimate of drug-likeness (QED) is 0.436. The van der Waals surface area contributed by atoms with Crippen LogP contribution in [0.1, 0.15) is 29.6 Å². The Balaban J connectivity index is 1.59. The van der Waals surface area contributed by atoms with Crippen LogP contribution in [-0.4, -0.2) is 65.3 Å². The summed E-state index contributed by atoms with van der Waals surface area (Å²) in [6.45, 7) is 1.91. The van der Waals surface area contributed by atoms with E-state index in [9.17, 15) is 19.2 Å². The van der Waals surface area contributed by atoms with Crippen molar-refractivity contribution in [1.29, 1.82) is 0 Å². The topological polar surface area (TPSA) is 117 Å². The van der Waals surface area contributed by atoms with Crippen LogP contribution < -0.4 is 15.5 Å². The summed E-state index contributed by atoms with van der Waals surface area (Å²) in [6, 6.07) is 14.5. The van der Waals surface area contributed by atoms with Crippen molar-refractivity contribution in [2.75, 3.05) is 37.4 Å². The molecule has 10 nitrogen and oxygen atoms in total. The van der Waals surface area contributed by atoms with Gasteiger partial charge < -0.3 is 19.7 Å². The van der Waals surface area contributed by atoms with Crippen molar-refractivity contribution < 1.29 is 19.2 Å². The highest BCUT2D eigenvalue weighted by molar-refractivity contribution is 6.07. The number of hydrogen-bond acceptors (Lipinski definition) is 5. The molecule has 37 heavy (non-hydrogen) atoms. The summed E-state index contributed by atoms with van der Waals surface area (Å²) in [4.78, 5) is 56.9. The summed E-state index contributed by atoms with van der Waals surface area (Å²) in [6.07, 6.45) is 4.43. The summed E-state index contributed by atoms with van der Waals surface area (Å²) in [5, 5.41) is 5.17. The van der Waals surface area contributed by atoms with Crippen LogP contribution >= 0.6 is 0 Å². The van der Waals surface area contributed by atoms with E-state index in [2.05, 4.69) is 15.6 Å². The van der Waals surface area contributed by atoms with Crippen molar-refractivity contribution in [3.8, 4) is 0 Å². The number of anilines is 2. The van der Waals surface area contributed by atoms with Crippen LogP contribution in [0.3, 0.4) is 0 Å². The monoisotopic (exact) mass is 502 g/mol. The molecule has 192 valence electrons. The third kappa shape index (κ3) is 6.03. The van der Waals surface area contributed by atoms with Gasteiger partial charge in [-0.05, 0) is 43.2 Å². The highest BCUT2D eigenvalue weighted by atomic mass is 16.2. The zero-order valence-corrected chi connectivity index (χ0v) is 20.9. The lowest BCUT2D eigenvalue weighted by atomic mass is 10.2. The van der Waals surface area contributed by atoms with E-state index >= 15 is 0 Å². The molecule has 4 rings (SSSR count). The van der Waals surface area contributed by atoms with Crippen molar-refractivity contribution in [2.45, 2.75) is 25.8 Å². The smallest absolute Gasteiger partial charge is 0.258 e. The van der Waals surface area contributed by atoms with Gasteiger partial charge in [0.2, 0.25) is 17.8 Å². The lowest BCUT2D eigenvalue weighted by Gasteiger charge is -2.18. The van der Waals surface area contributed by atoms with E-state index in [-0.39, 0.29) is 11.8 Å². The lowest BCUT2D eigenvalue weighted by molar-refractivity contribution is -0.127. The average molecular weight is 503 g/mol. The summed E-state index contributed by atoms with van der Waals surface area (Å²) < 4.78 is 1.88. The number of nitrogens with zero attached hydrogens (tertiary/aromatic N) is 4. The summed E-state index contributed by atoms with van der Waals surface area (Å²) in [7, 11) is 3.18. The third-order valence-electron chi connectivity index (χ3n) is 6.29. The predicted molar refractivity (Wildman–Crippen MR) is 141 cm³/mol. The molecule has 1 aliphatic heterocycles. The van der Waals surface area contributed by atoms with Gasteiger partial charge in [0.15, 0.2) is 0 Å². The molecule has 1 aromatic heterocycles. The van der Waals surface area contributed by atoms with Gasteiger partial charge in [-0.3, -0.25) is 24.5 Å². The number of aromatic nitrogens is 2. The minimum Gasteiger partial charge on any atom is -0.356 e. The largest absolute Gasteiger partial charge is 0.356 e. The van der Waals surface area contributed by atoms with E-state index < -0.39 is 11.8 Å². The van der Waals surface area contributed by atoms with E-state index in [1.54, 1.807) is 30.1 Å². The SMILES string of the molecule is CNC(=O)/C=C/C(=O)Nc1nc2cc(N(C)C(=O)c3ccccc3)ccc2n1CCCN1CCCC1=O. The summed E-state index contributed by atoms with van der Waals surface area (Å²) >= 11 is 0. The standard InChI is InChI=1S/C27H30N6O4/c1-28-23(34)13-14-24(35)30-27-29-21-18-20(31(2)26(37)19-8-4-3-5-9-19)11-12-22(21)33(27)17-7-16-32-15-6-10-25(32)36/h3-5,8-9,11-14,18H,6-7,10,15-17H2,1-2H3,(H,28,34)(H,29,30,35)/b14-13+. The maximum absolute atomic E-state index is 12.9. The second-order valence-corrected chi connectivity index (χ2v) is 8.76. The molecule has 3 aromatic rings. The Kier molecular flexibility index (Phi) is 7.97. The highest BCUT2D eigenvalue weighted by Gasteiger charge is 2.21. The number of aryl methyl sites for hydroxylation is 1. The molecular weight excluding hydrogens is 472 g/mol. The number of likely N-dealkylation sites (tertiary alicyclic amines) is 1. The van der Waals surface area contributed by atoms with E-state index in [1.807, 2.05) is 39.8 Å². The van der Waals surface area contributed by atoms with Crippen molar-refractivity contribution in [1.82, 2.24) is 19.8 Å². The number of carbonyl (C=O) groups is 4. The van der Waals surface area contributed by atoms with Crippen LogP contribution in [-0.2, 0) is 20.9 Å². The average Bonchev–Trinajstić information content (AvgIpc) is 3.48. The number of benzene rings is 2. The molecule has 0 atom stereocenters. The van der Waals surface area contributed by atoms with Gasteiger partial charge in [-0.2, -0.15) is 0 Å². The first kappa shape index (κ1) is 25.6. The van der Waals surface area contributed by atoms with E-state index in [4.69, 9.17) is 0 Å². The van der Waals surface area contributed by atoms with Crippen LogP contribution in [0, 0.1) is 0 Å². The molecule has 2 aromatic carbocycles. The Morgan fingerprint density at radius 1 is 1.05 bits per heavy atom. The summed E-state index contributed by atoms with van der Waals surface area (Å²) in [5.41, 5.74) is 2.62. The Morgan fingerprint density at radius 3 is 2.51 bits per heavy atom. The van der Waals surface area contributed by atoms with Crippen LogP contribution in [0.2, 0.25) is 0 Å². The van der Waals surface area contributed by atoms with E-state index in [0.717, 1.165) is 30.6 Å². The molecule has 1 aliphatic rings. The van der Waals surface area contributed by atoms with Gasteiger partial charge in [-0.25, -0.2) is 4.98 Å². The maximum atomic E-state index is 12.9. The molecule has 0 unspecified atom stereocenters. The number of likely N-dealkylation sites (N-methyl/N-ethyl adjacent to an activating group) is 1. The zero-order valence-electron chi connectivity index (χ0n) is 20.9. The Bertz CT molecular complexity index is 1350. The minimum absolute atomic E-state index is 0.150. The first-order valence-electron chi connectivity index (χ1n) is 12.2. The second kappa shape index (κ2) is 11.5. The van der Waals surface area contributed by atoms with Crippen molar-refractivity contribution >= 4 is 46.3 Å². The number of rotatable bonds is 9. The van der Waals surface area contributed by atoms with Crippen LogP contribution in [0.25, 0.3) is 11.0 Å². The number of carbonyl (C=O) groups excluding carboxylic acids is 4. The van der Waals surface area contributed by atoms with Crippen molar-refractivity contribution in [3.05, 3.63) is 66.2 Å². The molecule has 10 heteroatoms. The van der Waals surface area contributed by atoms with E-state index in [0.29, 0.717) is 48.6 Å². The fourth-order valence-corrected chi connectivity index (χ4v) is 4.29. The number of fused-ring (bicyclic) bond motifs is 1. The maximum Gasteiger partial charge on any atom is 0.258 e. The molecule has 2 heterocycles. The Morgan fingerprint density at radius 2 is 1.81 bits per heavy atom. The van der Waals surface area contributed by atoms with Gasteiger partial charge in [0.25, 0.3) is 11.8 Å². The Hall–Kier alpha value is -4.47. The van der Waals surface area contributed by atoms with Crippen molar-refractivity contribution in [3.63, 3.8) is 0 Å². The van der Waals surface area contributed by atoms with Gasteiger partial charge in [-0.15, -0.1) is 0 Å². The van der Waals surface area contributed by atoms with Crippen molar-refractivity contribution in [2.24, 2.45) is 0 Å².